The third-order valence-corrected chi connectivity index (χ3v) is 4.29. The van der Waals surface area contributed by atoms with Gasteiger partial charge in [0.05, 0.1) is 17.7 Å². The number of nitrogens with zero attached hydrogens (tertiary/aromatic N) is 4. The number of hydrogen-bond donors (Lipinski definition) is 2. The van der Waals surface area contributed by atoms with Crippen molar-refractivity contribution in [2.24, 2.45) is 0 Å². The van der Waals surface area contributed by atoms with Crippen LogP contribution in [0, 0.1) is 0 Å². The number of aliphatic hydroxyl groups is 1. The predicted molar refractivity (Wildman–Crippen MR) is 85.4 cm³/mol. The van der Waals surface area contributed by atoms with Crippen LogP contribution in [0.15, 0.2) is 18.3 Å². The number of aromatic nitrogens is 4. The van der Waals surface area contributed by atoms with E-state index < -0.39 is 5.60 Å². The highest BCUT2D eigenvalue weighted by Crippen LogP contribution is 2.39. The minimum atomic E-state index is -0.602. The molecule has 6 heteroatoms. The van der Waals surface area contributed by atoms with Gasteiger partial charge in [0.2, 0.25) is 0 Å². The molecule has 114 valence electrons. The van der Waals surface area contributed by atoms with Crippen molar-refractivity contribution >= 4 is 27.9 Å². The first kappa shape index (κ1) is 13.5. The zero-order valence-electron chi connectivity index (χ0n) is 12.6. The third-order valence-electron chi connectivity index (χ3n) is 4.29. The number of aryl methyl sites for hydroxylation is 1. The zero-order valence-corrected chi connectivity index (χ0v) is 12.6. The molecule has 0 radical (unpaired) electrons. The maximum atomic E-state index is 10.4. The van der Waals surface area contributed by atoms with E-state index in [4.69, 9.17) is 5.73 Å². The second-order valence-electron chi connectivity index (χ2n) is 6.15. The number of nitrogens with two attached hydrogens (primary N) is 1. The smallest absolute Gasteiger partial charge is 0.152 e. The Balaban J connectivity index is 2.05. The van der Waals surface area contributed by atoms with Crippen LogP contribution in [0.4, 0.5) is 5.82 Å². The number of nitrogen functional groups attached to an aromatic ring is 1. The van der Waals surface area contributed by atoms with E-state index in [0.717, 1.165) is 48.1 Å². The van der Waals surface area contributed by atoms with Gasteiger partial charge < -0.3 is 15.4 Å². The van der Waals surface area contributed by atoms with Gasteiger partial charge in [-0.1, -0.05) is 6.92 Å². The molecule has 0 bridgehead atoms. The monoisotopic (exact) mass is 297 g/mol. The van der Waals surface area contributed by atoms with Gasteiger partial charge in [-0.25, -0.2) is 9.97 Å². The largest absolute Gasteiger partial charge is 0.388 e. The Labute approximate surface area is 128 Å². The maximum Gasteiger partial charge on any atom is 0.152 e. The molecular formula is C16H19N5O. The van der Waals surface area contributed by atoms with Crippen molar-refractivity contribution < 1.29 is 5.11 Å². The average Bonchev–Trinajstić information content (AvgIpc) is 3.12. The van der Waals surface area contributed by atoms with Crippen LogP contribution in [0.2, 0.25) is 0 Å². The molecule has 3 N–H and O–H groups in total. The van der Waals surface area contributed by atoms with Gasteiger partial charge in [-0.2, -0.15) is 0 Å². The summed E-state index contributed by atoms with van der Waals surface area (Å²) in [4.78, 5) is 13.6. The molecule has 0 aromatic carbocycles. The van der Waals surface area contributed by atoms with Gasteiger partial charge in [-0.05, 0) is 31.4 Å². The van der Waals surface area contributed by atoms with E-state index in [9.17, 15) is 5.11 Å². The molecule has 1 aliphatic carbocycles. The van der Waals surface area contributed by atoms with Crippen LogP contribution in [0.1, 0.15) is 32.0 Å². The molecule has 1 fully saturated rings. The van der Waals surface area contributed by atoms with Crippen molar-refractivity contribution in [1.29, 1.82) is 0 Å². The van der Waals surface area contributed by atoms with E-state index in [1.807, 2.05) is 12.1 Å². The van der Waals surface area contributed by atoms with E-state index >= 15 is 0 Å². The Hall–Kier alpha value is -2.21. The molecule has 0 spiro atoms. The van der Waals surface area contributed by atoms with Crippen LogP contribution in [0.3, 0.4) is 0 Å². The molecule has 3 aromatic rings. The number of hydrogen-bond acceptors (Lipinski definition) is 5. The Bertz CT molecular complexity index is 866. The predicted octanol–water partition coefficient (Wildman–Crippen LogP) is 2.04. The second kappa shape index (κ2) is 4.64. The molecule has 0 aliphatic heterocycles. The first-order chi connectivity index (χ1) is 10.6. The van der Waals surface area contributed by atoms with Crippen LogP contribution in [0.5, 0.6) is 0 Å². The quantitative estimate of drug-likeness (QED) is 0.769. The first-order valence-electron chi connectivity index (χ1n) is 7.73. The van der Waals surface area contributed by atoms with Crippen molar-refractivity contribution in [1.82, 2.24) is 19.5 Å². The number of anilines is 1. The summed E-state index contributed by atoms with van der Waals surface area (Å²) < 4.78 is 2.10. The van der Waals surface area contributed by atoms with Gasteiger partial charge in [0.15, 0.2) is 5.82 Å². The van der Waals surface area contributed by atoms with Gasteiger partial charge in [-0.15, -0.1) is 0 Å². The summed E-state index contributed by atoms with van der Waals surface area (Å²) in [5.41, 5.74) is 8.65. The molecular weight excluding hydrogens is 278 g/mol. The van der Waals surface area contributed by atoms with E-state index in [1.165, 1.54) is 0 Å². The Morgan fingerprint density at radius 2 is 2.14 bits per heavy atom. The van der Waals surface area contributed by atoms with Crippen LogP contribution >= 0.6 is 0 Å². The Morgan fingerprint density at radius 1 is 1.32 bits per heavy atom. The molecule has 6 nitrogen and oxygen atoms in total. The molecule has 1 aliphatic rings. The number of pyridine rings is 2. The molecule has 0 unspecified atom stereocenters. The topological polar surface area (TPSA) is 89.9 Å². The Morgan fingerprint density at radius 3 is 2.86 bits per heavy atom. The molecule has 3 heterocycles. The van der Waals surface area contributed by atoms with Crippen molar-refractivity contribution in [2.75, 3.05) is 5.73 Å². The fourth-order valence-corrected chi connectivity index (χ4v) is 2.95. The lowest BCUT2D eigenvalue weighted by Gasteiger charge is -2.13. The van der Waals surface area contributed by atoms with Crippen LogP contribution in [0.25, 0.3) is 22.1 Å². The molecule has 22 heavy (non-hydrogen) atoms. The highest BCUT2D eigenvalue weighted by atomic mass is 16.3. The summed E-state index contributed by atoms with van der Waals surface area (Å²) in [6, 6.07) is 3.75. The zero-order chi connectivity index (χ0) is 15.3. The van der Waals surface area contributed by atoms with E-state index in [0.29, 0.717) is 17.9 Å². The van der Waals surface area contributed by atoms with E-state index in [2.05, 4.69) is 26.4 Å². The SMILES string of the molecule is CCCc1nc2c(N)nc3cccnc3c2n1CC1(O)CC1. The minimum absolute atomic E-state index is 0.425. The lowest BCUT2D eigenvalue weighted by atomic mass is 10.2. The number of imidazole rings is 1. The van der Waals surface area contributed by atoms with Crippen molar-refractivity contribution in [2.45, 2.75) is 44.8 Å². The van der Waals surface area contributed by atoms with Crippen molar-refractivity contribution in [3.63, 3.8) is 0 Å². The summed E-state index contributed by atoms with van der Waals surface area (Å²) in [6.45, 7) is 2.67. The highest BCUT2D eigenvalue weighted by Gasteiger charge is 2.41. The molecule has 0 atom stereocenters. The summed E-state index contributed by atoms with van der Waals surface area (Å²) >= 11 is 0. The molecule has 0 amide bonds. The number of fused-ring (bicyclic) bond motifs is 3. The Kier molecular flexibility index (Phi) is 2.84. The minimum Gasteiger partial charge on any atom is -0.388 e. The maximum absolute atomic E-state index is 10.4. The normalized spacial score (nSPS) is 16.5. The molecule has 3 aromatic heterocycles. The third kappa shape index (κ3) is 2.02. The standard InChI is InChI=1S/C16H19N5O/c1-2-4-11-20-13-14(21(11)9-16(22)6-7-16)12-10(19-15(13)17)5-3-8-18-12/h3,5,8,22H,2,4,6-7,9H2,1H3,(H2,17,19). The van der Waals surface area contributed by atoms with Gasteiger partial charge in [0, 0.05) is 12.6 Å². The van der Waals surface area contributed by atoms with E-state index in [1.54, 1.807) is 6.20 Å². The van der Waals surface area contributed by atoms with Gasteiger partial charge in [0.1, 0.15) is 22.4 Å². The van der Waals surface area contributed by atoms with Crippen molar-refractivity contribution in [3.05, 3.63) is 24.2 Å². The molecule has 0 saturated heterocycles. The fraction of sp³-hybridized carbons (Fsp3) is 0.438. The second-order valence-corrected chi connectivity index (χ2v) is 6.15. The number of rotatable bonds is 4. The molecule has 4 rings (SSSR count). The first-order valence-corrected chi connectivity index (χ1v) is 7.73. The fourth-order valence-electron chi connectivity index (χ4n) is 2.95. The van der Waals surface area contributed by atoms with E-state index in [-0.39, 0.29) is 0 Å². The van der Waals surface area contributed by atoms with Gasteiger partial charge >= 0.3 is 0 Å². The average molecular weight is 297 g/mol. The summed E-state index contributed by atoms with van der Waals surface area (Å²) in [5.74, 6) is 1.37. The molecule has 1 saturated carbocycles. The van der Waals surface area contributed by atoms with Crippen LogP contribution < -0.4 is 5.73 Å². The van der Waals surface area contributed by atoms with Gasteiger partial charge in [0.25, 0.3) is 0 Å². The summed E-state index contributed by atoms with van der Waals surface area (Å²) in [5, 5.41) is 10.4. The lowest BCUT2D eigenvalue weighted by molar-refractivity contribution is 0.130. The van der Waals surface area contributed by atoms with Crippen LogP contribution in [-0.4, -0.2) is 30.2 Å². The van der Waals surface area contributed by atoms with Gasteiger partial charge in [-0.3, -0.25) is 4.98 Å². The van der Waals surface area contributed by atoms with Crippen molar-refractivity contribution in [3.8, 4) is 0 Å². The summed E-state index contributed by atoms with van der Waals surface area (Å²) in [6.07, 6.45) is 5.26. The summed E-state index contributed by atoms with van der Waals surface area (Å²) in [7, 11) is 0. The lowest BCUT2D eigenvalue weighted by Crippen LogP contribution is -2.19. The van der Waals surface area contributed by atoms with Crippen LogP contribution in [-0.2, 0) is 13.0 Å². The highest BCUT2D eigenvalue weighted by molar-refractivity contribution is 6.04.